The third kappa shape index (κ3) is 3.63. The maximum Gasteiger partial charge on any atom is 0.148 e. The minimum atomic E-state index is 0.280. The van der Waals surface area contributed by atoms with Gasteiger partial charge in [0.1, 0.15) is 17.5 Å². The van der Waals surface area contributed by atoms with Crippen LogP contribution < -0.4 is 16.2 Å². The van der Waals surface area contributed by atoms with Gasteiger partial charge in [-0.05, 0) is 32.9 Å². The Bertz CT molecular complexity index is 487. The SMILES string of the molecule is Cc1c(NN)nc(C(C)C)nc1N(C)CC1CCN(C)C1. The van der Waals surface area contributed by atoms with Crippen molar-refractivity contribution in [2.75, 3.05) is 44.1 Å². The number of hydrogen-bond donors (Lipinski definition) is 2. The number of aromatic nitrogens is 2. The summed E-state index contributed by atoms with van der Waals surface area (Å²) in [6.45, 7) is 9.58. The Morgan fingerprint density at radius 2 is 2.14 bits per heavy atom. The zero-order valence-corrected chi connectivity index (χ0v) is 13.8. The molecule has 1 aliphatic rings. The number of anilines is 2. The molecule has 3 N–H and O–H groups in total. The summed E-state index contributed by atoms with van der Waals surface area (Å²) in [4.78, 5) is 13.9. The van der Waals surface area contributed by atoms with Gasteiger partial charge in [-0.25, -0.2) is 15.8 Å². The van der Waals surface area contributed by atoms with E-state index in [1.165, 1.54) is 13.0 Å². The van der Waals surface area contributed by atoms with Gasteiger partial charge in [-0.1, -0.05) is 13.8 Å². The van der Waals surface area contributed by atoms with Crippen LogP contribution in [0.1, 0.15) is 37.6 Å². The molecule has 1 aromatic heterocycles. The van der Waals surface area contributed by atoms with E-state index in [1.807, 2.05) is 6.92 Å². The summed E-state index contributed by atoms with van der Waals surface area (Å²) in [6, 6.07) is 0. The fourth-order valence-electron chi connectivity index (χ4n) is 2.94. The fourth-order valence-corrected chi connectivity index (χ4v) is 2.94. The quantitative estimate of drug-likeness (QED) is 0.634. The highest BCUT2D eigenvalue weighted by Crippen LogP contribution is 2.26. The van der Waals surface area contributed by atoms with Crippen LogP contribution >= 0.6 is 0 Å². The molecule has 0 spiro atoms. The van der Waals surface area contributed by atoms with Crippen LogP contribution in [0.15, 0.2) is 0 Å². The van der Waals surface area contributed by atoms with Gasteiger partial charge in [-0.3, -0.25) is 0 Å². The molecular weight excluding hydrogens is 264 g/mol. The highest BCUT2D eigenvalue weighted by atomic mass is 15.3. The molecule has 0 radical (unpaired) electrons. The lowest BCUT2D eigenvalue weighted by Crippen LogP contribution is -2.29. The van der Waals surface area contributed by atoms with Gasteiger partial charge in [-0.15, -0.1) is 0 Å². The Hall–Kier alpha value is -1.40. The second-order valence-electron chi connectivity index (χ2n) is 6.48. The average Bonchev–Trinajstić information content (AvgIpc) is 2.83. The zero-order valence-electron chi connectivity index (χ0n) is 13.8. The van der Waals surface area contributed by atoms with E-state index < -0.39 is 0 Å². The maximum atomic E-state index is 5.61. The molecule has 2 rings (SSSR count). The minimum Gasteiger partial charge on any atom is -0.359 e. The van der Waals surface area contributed by atoms with Crippen molar-refractivity contribution in [2.24, 2.45) is 11.8 Å². The molecule has 2 heterocycles. The Balaban J connectivity index is 2.22. The predicted octanol–water partition coefficient (Wildman–Crippen LogP) is 1.58. The molecule has 1 aromatic rings. The summed E-state index contributed by atoms with van der Waals surface area (Å²) in [5.41, 5.74) is 3.71. The minimum absolute atomic E-state index is 0.280. The van der Waals surface area contributed by atoms with Gasteiger partial charge in [-0.2, -0.15) is 0 Å². The molecular formula is C15H28N6. The van der Waals surface area contributed by atoms with Gasteiger partial charge in [0.15, 0.2) is 0 Å². The number of nitrogens with zero attached hydrogens (tertiary/aromatic N) is 4. The molecule has 6 heteroatoms. The molecule has 6 nitrogen and oxygen atoms in total. The molecule has 21 heavy (non-hydrogen) atoms. The molecule has 1 atom stereocenters. The summed E-state index contributed by atoms with van der Waals surface area (Å²) in [5.74, 6) is 9.12. The number of nitrogens with one attached hydrogen (secondary N) is 1. The number of hydrazine groups is 1. The van der Waals surface area contributed by atoms with Crippen LogP contribution in [-0.4, -0.2) is 48.6 Å². The van der Waals surface area contributed by atoms with Gasteiger partial charge in [0.2, 0.25) is 0 Å². The van der Waals surface area contributed by atoms with Crippen LogP contribution in [-0.2, 0) is 0 Å². The van der Waals surface area contributed by atoms with Crippen molar-refractivity contribution < 1.29 is 0 Å². The molecule has 1 aliphatic heterocycles. The first-order chi connectivity index (χ1) is 9.92. The normalized spacial score (nSPS) is 19.3. The largest absolute Gasteiger partial charge is 0.359 e. The Kier molecular flexibility index (Phi) is 5.00. The Morgan fingerprint density at radius 1 is 1.43 bits per heavy atom. The van der Waals surface area contributed by atoms with E-state index >= 15 is 0 Å². The Labute approximate surface area is 127 Å². The van der Waals surface area contributed by atoms with Crippen molar-refractivity contribution in [2.45, 2.75) is 33.1 Å². The van der Waals surface area contributed by atoms with E-state index in [1.54, 1.807) is 0 Å². The lowest BCUT2D eigenvalue weighted by Gasteiger charge is -2.25. The molecule has 1 saturated heterocycles. The van der Waals surface area contributed by atoms with Crippen molar-refractivity contribution in [1.29, 1.82) is 0 Å². The van der Waals surface area contributed by atoms with E-state index in [2.05, 4.69) is 48.2 Å². The Morgan fingerprint density at radius 3 is 2.67 bits per heavy atom. The molecule has 0 aromatic carbocycles. The van der Waals surface area contributed by atoms with E-state index in [0.717, 1.165) is 36.1 Å². The number of likely N-dealkylation sites (tertiary alicyclic amines) is 1. The first-order valence-corrected chi connectivity index (χ1v) is 7.67. The maximum absolute atomic E-state index is 5.61. The third-order valence-electron chi connectivity index (χ3n) is 4.17. The van der Waals surface area contributed by atoms with E-state index in [0.29, 0.717) is 5.92 Å². The number of rotatable bonds is 5. The van der Waals surface area contributed by atoms with Crippen molar-refractivity contribution in [3.8, 4) is 0 Å². The van der Waals surface area contributed by atoms with Gasteiger partial charge in [0, 0.05) is 31.6 Å². The second kappa shape index (κ2) is 6.58. The van der Waals surface area contributed by atoms with Gasteiger partial charge in [0.05, 0.1) is 0 Å². The molecule has 0 bridgehead atoms. The fraction of sp³-hybridized carbons (Fsp3) is 0.733. The van der Waals surface area contributed by atoms with E-state index in [9.17, 15) is 0 Å². The van der Waals surface area contributed by atoms with Gasteiger partial charge >= 0.3 is 0 Å². The van der Waals surface area contributed by atoms with Crippen molar-refractivity contribution in [3.63, 3.8) is 0 Å². The van der Waals surface area contributed by atoms with Crippen LogP contribution in [0.25, 0.3) is 0 Å². The highest BCUT2D eigenvalue weighted by Gasteiger charge is 2.23. The monoisotopic (exact) mass is 292 g/mol. The van der Waals surface area contributed by atoms with Gasteiger partial charge < -0.3 is 15.2 Å². The van der Waals surface area contributed by atoms with Crippen molar-refractivity contribution in [1.82, 2.24) is 14.9 Å². The summed E-state index contributed by atoms with van der Waals surface area (Å²) in [5, 5.41) is 0. The first-order valence-electron chi connectivity index (χ1n) is 7.67. The van der Waals surface area contributed by atoms with Crippen LogP contribution in [0.2, 0.25) is 0 Å². The highest BCUT2D eigenvalue weighted by molar-refractivity contribution is 5.58. The van der Waals surface area contributed by atoms with Crippen LogP contribution in [0, 0.1) is 12.8 Å². The zero-order chi connectivity index (χ0) is 15.6. The smallest absolute Gasteiger partial charge is 0.148 e. The summed E-state index contributed by atoms with van der Waals surface area (Å²) >= 11 is 0. The van der Waals surface area contributed by atoms with Crippen LogP contribution in [0.5, 0.6) is 0 Å². The van der Waals surface area contributed by atoms with Crippen LogP contribution in [0.3, 0.4) is 0 Å². The standard InChI is InChI=1S/C15H28N6/c1-10(2)13-17-14(19-16)11(3)15(18-13)21(5)9-12-6-7-20(4)8-12/h10,12H,6-9,16H2,1-5H3,(H,17,18,19). The van der Waals surface area contributed by atoms with Gasteiger partial charge in [0.25, 0.3) is 0 Å². The third-order valence-corrected chi connectivity index (χ3v) is 4.17. The number of nitrogen functional groups attached to an aromatic ring is 1. The number of hydrogen-bond acceptors (Lipinski definition) is 6. The molecule has 1 unspecified atom stereocenters. The summed E-state index contributed by atoms with van der Waals surface area (Å²) in [6.07, 6.45) is 1.25. The lowest BCUT2D eigenvalue weighted by molar-refractivity contribution is 0.395. The summed E-state index contributed by atoms with van der Waals surface area (Å²) in [7, 11) is 4.29. The lowest BCUT2D eigenvalue weighted by atomic mass is 10.1. The van der Waals surface area contributed by atoms with Crippen molar-refractivity contribution >= 4 is 11.6 Å². The molecule has 0 saturated carbocycles. The summed E-state index contributed by atoms with van der Waals surface area (Å²) < 4.78 is 0. The predicted molar refractivity (Wildman–Crippen MR) is 87.5 cm³/mol. The molecule has 118 valence electrons. The molecule has 0 aliphatic carbocycles. The number of nitrogens with two attached hydrogens (primary N) is 1. The first kappa shape index (κ1) is 16.0. The van der Waals surface area contributed by atoms with E-state index in [4.69, 9.17) is 10.8 Å². The van der Waals surface area contributed by atoms with E-state index in [-0.39, 0.29) is 5.92 Å². The molecule has 1 fully saturated rings. The van der Waals surface area contributed by atoms with Crippen molar-refractivity contribution in [3.05, 3.63) is 11.4 Å². The average molecular weight is 292 g/mol. The van der Waals surface area contributed by atoms with Crippen LogP contribution in [0.4, 0.5) is 11.6 Å². The molecule has 0 amide bonds. The topological polar surface area (TPSA) is 70.3 Å². The second-order valence-corrected chi connectivity index (χ2v) is 6.48.